The van der Waals surface area contributed by atoms with E-state index >= 15 is 0 Å². The number of hydrogen-bond donors (Lipinski definition) is 1. The van der Waals surface area contributed by atoms with Crippen LogP contribution in [0.4, 0.5) is 0 Å². The lowest BCUT2D eigenvalue weighted by Crippen LogP contribution is -2.36. The molecule has 0 fully saturated rings. The number of rotatable bonds is 3. The molecule has 1 unspecified atom stereocenters. The Morgan fingerprint density at radius 1 is 1.21 bits per heavy atom. The first kappa shape index (κ1) is 11.3. The maximum atomic E-state index is 5.88. The fourth-order valence-corrected chi connectivity index (χ4v) is 1.62. The largest absolute Gasteiger partial charge is 0.330 e. The van der Waals surface area contributed by atoms with Crippen molar-refractivity contribution in [2.45, 2.75) is 33.1 Å². The van der Waals surface area contributed by atoms with E-state index in [0.29, 0.717) is 12.5 Å². The highest BCUT2D eigenvalue weighted by molar-refractivity contribution is 5.29. The van der Waals surface area contributed by atoms with Gasteiger partial charge in [-0.05, 0) is 18.4 Å². The van der Waals surface area contributed by atoms with E-state index in [1.165, 1.54) is 11.1 Å². The molecular formula is C13H21N. The molecule has 0 aliphatic carbocycles. The van der Waals surface area contributed by atoms with Gasteiger partial charge < -0.3 is 5.73 Å². The fourth-order valence-electron chi connectivity index (χ4n) is 1.62. The van der Waals surface area contributed by atoms with Gasteiger partial charge in [0.05, 0.1) is 0 Å². The summed E-state index contributed by atoms with van der Waals surface area (Å²) in [6.45, 7) is 9.51. The second-order valence-electron chi connectivity index (χ2n) is 4.64. The van der Waals surface area contributed by atoms with Crippen molar-refractivity contribution in [3.8, 4) is 0 Å². The van der Waals surface area contributed by atoms with Crippen LogP contribution < -0.4 is 5.73 Å². The minimum atomic E-state index is 0.105. The monoisotopic (exact) mass is 191 g/mol. The molecule has 78 valence electrons. The maximum Gasteiger partial charge on any atom is 0.00702 e. The summed E-state index contributed by atoms with van der Waals surface area (Å²) in [5.74, 6) is 0.565. The molecular weight excluding hydrogens is 170 g/mol. The van der Waals surface area contributed by atoms with Crippen LogP contribution in [0.1, 0.15) is 31.9 Å². The third kappa shape index (κ3) is 1.98. The van der Waals surface area contributed by atoms with E-state index in [1.54, 1.807) is 0 Å². The van der Waals surface area contributed by atoms with Gasteiger partial charge in [0.2, 0.25) is 0 Å². The molecule has 1 aromatic rings. The first-order chi connectivity index (χ1) is 6.50. The van der Waals surface area contributed by atoms with Gasteiger partial charge in [-0.1, -0.05) is 50.6 Å². The molecule has 1 atom stereocenters. The van der Waals surface area contributed by atoms with Gasteiger partial charge in [0.1, 0.15) is 0 Å². The smallest absolute Gasteiger partial charge is 0.00702 e. The lowest BCUT2D eigenvalue weighted by atomic mass is 9.73. The number of aryl methyl sites for hydroxylation is 1. The zero-order chi connectivity index (χ0) is 10.8. The average Bonchev–Trinajstić information content (AvgIpc) is 2.17. The Morgan fingerprint density at radius 2 is 1.71 bits per heavy atom. The summed E-state index contributed by atoms with van der Waals surface area (Å²) in [7, 11) is 0. The molecule has 0 spiro atoms. The third-order valence-corrected chi connectivity index (χ3v) is 3.41. The standard InChI is InChI=1S/C13H21N/c1-10(2)13(4,9-14)12-7-5-11(3)6-8-12/h5-8,10H,9,14H2,1-4H3. The van der Waals surface area contributed by atoms with Crippen LogP contribution in [0, 0.1) is 12.8 Å². The Bertz CT molecular complexity index is 287. The molecule has 0 aromatic heterocycles. The van der Waals surface area contributed by atoms with Gasteiger partial charge in [-0.15, -0.1) is 0 Å². The molecule has 0 aliphatic rings. The Balaban J connectivity index is 3.06. The summed E-state index contributed by atoms with van der Waals surface area (Å²) >= 11 is 0. The lowest BCUT2D eigenvalue weighted by molar-refractivity contribution is 0.347. The van der Waals surface area contributed by atoms with Crippen LogP contribution in [-0.2, 0) is 5.41 Å². The zero-order valence-corrected chi connectivity index (χ0v) is 9.67. The Hall–Kier alpha value is -0.820. The van der Waals surface area contributed by atoms with E-state index in [9.17, 15) is 0 Å². The quantitative estimate of drug-likeness (QED) is 0.781. The number of nitrogens with two attached hydrogens (primary N) is 1. The molecule has 2 N–H and O–H groups in total. The summed E-state index contributed by atoms with van der Waals surface area (Å²) in [5, 5.41) is 0. The van der Waals surface area contributed by atoms with Crippen molar-refractivity contribution in [2.75, 3.05) is 6.54 Å². The summed E-state index contributed by atoms with van der Waals surface area (Å²) < 4.78 is 0. The van der Waals surface area contributed by atoms with E-state index in [4.69, 9.17) is 5.73 Å². The van der Waals surface area contributed by atoms with E-state index in [2.05, 4.69) is 52.0 Å². The molecule has 0 aliphatic heterocycles. The van der Waals surface area contributed by atoms with Gasteiger partial charge in [-0.25, -0.2) is 0 Å². The zero-order valence-electron chi connectivity index (χ0n) is 9.67. The summed E-state index contributed by atoms with van der Waals surface area (Å²) in [6.07, 6.45) is 0. The van der Waals surface area contributed by atoms with Crippen molar-refractivity contribution in [1.82, 2.24) is 0 Å². The number of benzene rings is 1. The first-order valence-corrected chi connectivity index (χ1v) is 5.28. The molecule has 1 aromatic carbocycles. The Labute approximate surface area is 87.3 Å². The lowest BCUT2D eigenvalue weighted by Gasteiger charge is -2.33. The normalized spacial score (nSPS) is 15.6. The molecule has 0 saturated heterocycles. The molecule has 0 saturated carbocycles. The van der Waals surface area contributed by atoms with Gasteiger partial charge >= 0.3 is 0 Å². The van der Waals surface area contributed by atoms with Gasteiger partial charge in [0.15, 0.2) is 0 Å². The van der Waals surface area contributed by atoms with Crippen LogP contribution in [0.25, 0.3) is 0 Å². The molecule has 1 heteroatoms. The number of hydrogen-bond acceptors (Lipinski definition) is 1. The second kappa shape index (κ2) is 4.14. The van der Waals surface area contributed by atoms with Gasteiger partial charge in [-0.2, -0.15) is 0 Å². The highest BCUT2D eigenvalue weighted by atomic mass is 14.6. The average molecular weight is 191 g/mol. The summed E-state index contributed by atoms with van der Waals surface area (Å²) in [6, 6.07) is 8.71. The van der Waals surface area contributed by atoms with Gasteiger partial charge in [-0.3, -0.25) is 0 Å². The van der Waals surface area contributed by atoms with Crippen LogP contribution in [0.2, 0.25) is 0 Å². The third-order valence-electron chi connectivity index (χ3n) is 3.41. The minimum absolute atomic E-state index is 0.105. The Morgan fingerprint density at radius 3 is 2.07 bits per heavy atom. The van der Waals surface area contributed by atoms with Crippen molar-refractivity contribution in [2.24, 2.45) is 11.7 Å². The van der Waals surface area contributed by atoms with Gasteiger partial charge in [0.25, 0.3) is 0 Å². The van der Waals surface area contributed by atoms with Crippen molar-refractivity contribution in [3.05, 3.63) is 35.4 Å². The first-order valence-electron chi connectivity index (χ1n) is 5.28. The van der Waals surface area contributed by atoms with Crippen molar-refractivity contribution < 1.29 is 0 Å². The predicted molar refractivity (Wildman–Crippen MR) is 62.4 cm³/mol. The summed E-state index contributed by atoms with van der Waals surface area (Å²) in [5.41, 5.74) is 8.63. The fraction of sp³-hybridized carbons (Fsp3) is 0.538. The second-order valence-corrected chi connectivity index (χ2v) is 4.64. The van der Waals surface area contributed by atoms with E-state index in [-0.39, 0.29) is 5.41 Å². The topological polar surface area (TPSA) is 26.0 Å². The van der Waals surface area contributed by atoms with Crippen LogP contribution in [0.5, 0.6) is 0 Å². The van der Waals surface area contributed by atoms with Crippen LogP contribution in [-0.4, -0.2) is 6.54 Å². The molecule has 1 nitrogen and oxygen atoms in total. The molecule has 14 heavy (non-hydrogen) atoms. The van der Waals surface area contributed by atoms with Crippen LogP contribution in [0.15, 0.2) is 24.3 Å². The van der Waals surface area contributed by atoms with Crippen LogP contribution >= 0.6 is 0 Å². The molecule has 1 rings (SSSR count). The molecule has 0 bridgehead atoms. The molecule has 0 radical (unpaired) electrons. The molecule has 0 heterocycles. The maximum absolute atomic E-state index is 5.88. The predicted octanol–water partition coefficient (Wildman–Crippen LogP) is 2.87. The minimum Gasteiger partial charge on any atom is -0.330 e. The highest BCUT2D eigenvalue weighted by Crippen LogP contribution is 2.30. The van der Waals surface area contributed by atoms with E-state index in [0.717, 1.165) is 0 Å². The summed E-state index contributed by atoms with van der Waals surface area (Å²) in [4.78, 5) is 0. The van der Waals surface area contributed by atoms with E-state index < -0.39 is 0 Å². The van der Waals surface area contributed by atoms with Crippen molar-refractivity contribution in [3.63, 3.8) is 0 Å². The van der Waals surface area contributed by atoms with Crippen molar-refractivity contribution >= 4 is 0 Å². The highest BCUT2D eigenvalue weighted by Gasteiger charge is 2.28. The SMILES string of the molecule is Cc1ccc(C(C)(CN)C(C)C)cc1. The van der Waals surface area contributed by atoms with Crippen molar-refractivity contribution in [1.29, 1.82) is 0 Å². The Kier molecular flexibility index (Phi) is 3.33. The van der Waals surface area contributed by atoms with Gasteiger partial charge in [0, 0.05) is 12.0 Å². The molecule has 0 amide bonds. The van der Waals surface area contributed by atoms with E-state index in [1.807, 2.05) is 0 Å². The van der Waals surface area contributed by atoms with Crippen LogP contribution in [0.3, 0.4) is 0 Å².